The van der Waals surface area contributed by atoms with Crippen LogP contribution in [0.4, 0.5) is 5.69 Å². The van der Waals surface area contributed by atoms with Crippen molar-refractivity contribution in [3.8, 4) is 5.69 Å². The number of benzene rings is 1. The van der Waals surface area contributed by atoms with Gasteiger partial charge in [0.1, 0.15) is 0 Å². The van der Waals surface area contributed by atoms with E-state index < -0.39 is 0 Å². The number of carbonyl (C=O) groups is 1. The molecule has 0 aliphatic heterocycles. The molecule has 0 fully saturated rings. The van der Waals surface area contributed by atoms with Gasteiger partial charge in [0.05, 0.1) is 25.0 Å². The molecule has 1 amide bonds. The summed E-state index contributed by atoms with van der Waals surface area (Å²) in [5, 5.41) is 2.83. The van der Waals surface area contributed by atoms with Crippen LogP contribution in [0.1, 0.15) is 17.8 Å². The van der Waals surface area contributed by atoms with Crippen LogP contribution in [0, 0.1) is 13.8 Å². The highest BCUT2D eigenvalue weighted by Gasteiger charge is 2.05. The van der Waals surface area contributed by atoms with Gasteiger partial charge in [-0.05, 0) is 38.1 Å². The highest BCUT2D eigenvalue weighted by atomic mass is 16.5. The predicted octanol–water partition coefficient (Wildman–Crippen LogP) is 2.46. The average molecular weight is 273 g/mol. The van der Waals surface area contributed by atoms with E-state index in [1.54, 1.807) is 13.4 Å². The Hall–Kier alpha value is -2.14. The van der Waals surface area contributed by atoms with Crippen molar-refractivity contribution in [3.63, 3.8) is 0 Å². The molecule has 2 rings (SSSR count). The monoisotopic (exact) mass is 273 g/mol. The van der Waals surface area contributed by atoms with Crippen LogP contribution in [0.3, 0.4) is 0 Å². The minimum absolute atomic E-state index is 0.0470. The minimum Gasteiger partial charge on any atom is -0.384 e. The molecule has 1 aromatic carbocycles. The number of nitrogens with zero attached hydrogens (tertiary/aromatic N) is 2. The van der Waals surface area contributed by atoms with Crippen LogP contribution < -0.4 is 5.32 Å². The molecule has 0 bridgehead atoms. The molecule has 0 saturated heterocycles. The second kappa shape index (κ2) is 6.34. The topological polar surface area (TPSA) is 56.1 Å². The van der Waals surface area contributed by atoms with Crippen LogP contribution in [0.5, 0.6) is 0 Å². The molecule has 1 aromatic heterocycles. The van der Waals surface area contributed by atoms with Crippen molar-refractivity contribution in [3.05, 3.63) is 42.0 Å². The van der Waals surface area contributed by atoms with Gasteiger partial charge in [-0.25, -0.2) is 4.98 Å². The van der Waals surface area contributed by atoms with Gasteiger partial charge in [0, 0.05) is 24.2 Å². The molecule has 0 spiro atoms. The van der Waals surface area contributed by atoms with E-state index in [4.69, 9.17) is 4.74 Å². The highest BCUT2D eigenvalue weighted by molar-refractivity contribution is 5.90. The third kappa shape index (κ3) is 3.24. The summed E-state index contributed by atoms with van der Waals surface area (Å²) in [6, 6.07) is 7.68. The molecule has 2 aromatic rings. The largest absolute Gasteiger partial charge is 0.384 e. The number of aromatic nitrogens is 2. The molecule has 0 atom stereocenters. The van der Waals surface area contributed by atoms with Gasteiger partial charge in [-0.2, -0.15) is 0 Å². The maximum atomic E-state index is 11.6. The SMILES string of the molecule is COCCC(=O)Nc1ccc(-n2cnc(C)c2C)cc1. The molecule has 1 N–H and O–H groups in total. The summed E-state index contributed by atoms with van der Waals surface area (Å²) in [6.07, 6.45) is 2.16. The average Bonchev–Trinajstić information content (AvgIpc) is 2.78. The smallest absolute Gasteiger partial charge is 0.226 e. The van der Waals surface area contributed by atoms with Crippen molar-refractivity contribution in [2.24, 2.45) is 0 Å². The van der Waals surface area contributed by atoms with Gasteiger partial charge >= 0.3 is 0 Å². The third-order valence-corrected chi connectivity index (χ3v) is 3.21. The lowest BCUT2D eigenvalue weighted by Gasteiger charge is -2.08. The second-order valence-electron chi connectivity index (χ2n) is 4.62. The van der Waals surface area contributed by atoms with Gasteiger partial charge < -0.3 is 14.6 Å². The summed E-state index contributed by atoms with van der Waals surface area (Å²) in [5.41, 5.74) is 3.94. The first-order chi connectivity index (χ1) is 9.61. The molecule has 20 heavy (non-hydrogen) atoms. The maximum Gasteiger partial charge on any atom is 0.226 e. The van der Waals surface area contributed by atoms with Crippen molar-refractivity contribution in [1.82, 2.24) is 9.55 Å². The molecular formula is C15H19N3O2. The number of ether oxygens (including phenoxy) is 1. The fourth-order valence-electron chi connectivity index (χ4n) is 1.88. The molecule has 106 valence electrons. The van der Waals surface area contributed by atoms with Crippen molar-refractivity contribution < 1.29 is 9.53 Å². The van der Waals surface area contributed by atoms with Gasteiger partial charge in [-0.3, -0.25) is 4.79 Å². The van der Waals surface area contributed by atoms with E-state index in [1.807, 2.05) is 42.7 Å². The standard InChI is InChI=1S/C15H19N3O2/c1-11-12(2)18(10-16-11)14-6-4-13(5-7-14)17-15(19)8-9-20-3/h4-7,10H,8-9H2,1-3H3,(H,17,19). The molecule has 0 aliphatic carbocycles. The van der Waals surface area contributed by atoms with Gasteiger partial charge in [0.2, 0.25) is 5.91 Å². The van der Waals surface area contributed by atoms with Crippen LogP contribution >= 0.6 is 0 Å². The number of aryl methyl sites for hydroxylation is 1. The number of imidazole rings is 1. The number of amides is 1. The fourth-order valence-corrected chi connectivity index (χ4v) is 1.88. The lowest BCUT2D eigenvalue weighted by atomic mass is 10.2. The van der Waals surface area contributed by atoms with Crippen LogP contribution in [-0.4, -0.2) is 29.2 Å². The van der Waals surface area contributed by atoms with Crippen molar-refractivity contribution in [2.75, 3.05) is 19.0 Å². The van der Waals surface area contributed by atoms with E-state index in [0.717, 1.165) is 22.8 Å². The lowest BCUT2D eigenvalue weighted by Crippen LogP contribution is -2.13. The van der Waals surface area contributed by atoms with Crippen molar-refractivity contribution in [1.29, 1.82) is 0 Å². The molecule has 0 aliphatic rings. The van der Waals surface area contributed by atoms with E-state index in [2.05, 4.69) is 10.3 Å². The van der Waals surface area contributed by atoms with E-state index in [9.17, 15) is 4.79 Å². The predicted molar refractivity (Wildman–Crippen MR) is 78.2 cm³/mol. The molecule has 1 heterocycles. The third-order valence-electron chi connectivity index (χ3n) is 3.21. The first-order valence-corrected chi connectivity index (χ1v) is 6.51. The number of anilines is 1. The van der Waals surface area contributed by atoms with Gasteiger partial charge in [0.25, 0.3) is 0 Å². The van der Waals surface area contributed by atoms with E-state index in [-0.39, 0.29) is 5.91 Å². The Bertz CT molecular complexity index is 588. The number of hydrogen-bond donors (Lipinski definition) is 1. The Labute approximate surface area is 118 Å². The number of hydrogen-bond acceptors (Lipinski definition) is 3. The number of carbonyl (C=O) groups excluding carboxylic acids is 1. The van der Waals surface area contributed by atoms with Crippen LogP contribution in [0.2, 0.25) is 0 Å². The summed E-state index contributed by atoms with van der Waals surface area (Å²) in [6.45, 7) is 4.44. The zero-order valence-electron chi connectivity index (χ0n) is 12.0. The molecule has 0 saturated carbocycles. The van der Waals surface area contributed by atoms with E-state index in [1.165, 1.54) is 0 Å². The summed E-state index contributed by atoms with van der Waals surface area (Å²) in [4.78, 5) is 15.9. The summed E-state index contributed by atoms with van der Waals surface area (Å²) < 4.78 is 6.89. The highest BCUT2D eigenvalue weighted by Crippen LogP contribution is 2.16. The number of methoxy groups -OCH3 is 1. The van der Waals surface area contributed by atoms with E-state index >= 15 is 0 Å². The van der Waals surface area contributed by atoms with Gasteiger partial charge in [0.15, 0.2) is 0 Å². The minimum atomic E-state index is -0.0470. The van der Waals surface area contributed by atoms with Crippen LogP contribution in [0.25, 0.3) is 5.69 Å². The first kappa shape index (κ1) is 14.3. The normalized spacial score (nSPS) is 10.6. The van der Waals surface area contributed by atoms with Crippen molar-refractivity contribution >= 4 is 11.6 Å². The summed E-state index contributed by atoms with van der Waals surface area (Å²) >= 11 is 0. The molecule has 5 nitrogen and oxygen atoms in total. The Morgan fingerprint density at radius 1 is 1.30 bits per heavy atom. The Morgan fingerprint density at radius 2 is 2.00 bits per heavy atom. The maximum absolute atomic E-state index is 11.6. The Kier molecular flexibility index (Phi) is 4.53. The summed E-state index contributed by atoms with van der Waals surface area (Å²) in [5.74, 6) is -0.0470. The van der Waals surface area contributed by atoms with Crippen LogP contribution in [-0.2, 0) is 9.53 Å². The van der Waals surface area contributed by atoms with Gasteiger partial charge in [-0.15, -0.1) is 0 Å². The molecular weight excluding hydrogens is 254 g/mol. The number of rotatable bonds is 5. The second-order valence-corrected chi connectivity index (χ2v) is 4.62. The van der Waals surface area contributed by atoms with E-state index in [0.29, 0.717) is 13.0 Å². The quantitative estimate of drug-likeness (QED) is 0.910. The fraction of sp³-hybridized carbons (Fsp3) is 0.333. The molecule has 0 unspecified atom stereocenters. The first-order valence-electron chi connectivity index (χ1n) is 6.51. The van der Waals surface area contributed by atoms with Crippen LogP contribution in [0.15, 0.2) is 30.6 Å². The Morgan fingerprint density at radius 3 is 2.55 bits per heavy atom. The Balaban J connectivity index is 2.07. The van der Waals surface area contributed by atoms with Crippen molar-refractivity contribution in [2.45, 2.75) is 20.3 Å². The summed E-state index contributed by atoms with van der Waals surface area (Å²) in [7, 11) is 1.58. The molecule has 0 radical (unpaired) electrons. The number of nitrogens with one attached hydrogen (secondary N) is 1. The molecule has 5 heteroatoms. The lowest BCUT2D eigenvalue weighted by molar-refractivity contribution is -0.117. The van der Waals surface area contributed by atoms with Gasteiger partial charge in [-0.1, -0.05) is 0 Å². The zero-order chi connectivity index (χ0) is 14.5. The zero-order valence-corrected chi connectivity index (χ0v) is 12.0.